The van der Waals surface area contributed by atoms with Gasteiger partial charge in [0.05, 0.1) is 18.2 Å². The molecule has 1 amide bonds. The number of hydrogen-bond donors (Lipinski definition) is 1. The molecule has 6 nitrogen and oxygen atoms in total. The van der Waals surface area contributed by atoms with Crippen molar-refractivity contribution in [1.82, 2.24) is 9.62 Å². The first-order valence-electron chi connectivity index (χ1n) is 7.70. The standard InChI is InChI=1S/C17H22N2O4S2/c1-19(12-13-4-6-14(23-2)7-5-13)17(20)16-9-8-15(24-16)10-11-18-25(3,21)22/h4-9,18H,10-12H2,1-3H3. The Hall–Kier alpha value is -1.90. The van der Waals surface area contributed by atoms with Gasteiger partial charge in [-0.25, -0.2) is 13.1 Å². The summed E-state index contributed by atoms with van der Waals surface area (Å²) in [5.74, 6) is 0.728. The van der Waals surface area contributed by atoms with Crippen molar-refractivity contribution in [2.75, 3.05) is 27.0 Å². The van der Waals surface area contributed by atoms with Crippen molar-refractivity contribution >= 4 is 27.3 Å². The Morgan fingerprint density at radius 3 is 2.48 bits per heavy atom. The molecule has 0 fully saturated rings. The van der Waals surface area contributed by atoms with Gasteiger partial charge in [0.2, 0.25) is 10.0 Å². The summed E-state index contributed by atoms with van der Waals surface area (Å²) in [4.78, 5) is 15.8. The van der Waals surface area contributed by atoms with Gasteiger partial charge in [-0.05, 0) is 36.2 Å². The zero-order chi connectivity index (χ0) is 18.4. The monoisotopic (exact) mass is 382 g/mol. The van der Waals surface area contributed by atoms with Crippen LogP contribution in [-0.4, -0.2) is 46.2 Å². The van der Waals surface area contributed by atoms with Crippen LogP contribution in [0.2, 0.25) is 0 Å². The predicted octanol–water partition coefficient (Wildman–Crippen LogP) is 2.12. The molecular weight excluding hydrogens is 360 g/mol. The molecule has 8 heteroatoms. The lowest BCUT2D eigenvalue weighted by Crippen LogP contribution is -2.25. The molecule has 0 saturated heterocycles. The van der Waals surface area contributed by atoms with Gasteiger partial charge in [-0.1, -0.05) is 12.1 Å². The van der Waals surface area contributed by atoms with Crippen molar-refractivity contribution in [3.63, 3.8) is 0 Å². The van der Waals surface area contributed by atoms with Crippen LogP contribution in [0.5, 0.6) is 5.75 Å². The molecule has 0 aliphatic rings. The Kier molecular flexibility index (Phi) is 6.57. The molecule has 136 valence electrons. The van der Waals surface area contributed by atoms with E-state index in [2.05, 4.69) is 4.72 Å². The van der Waals surface area contributed by atoms with Crippen molar-refractivity contribution in [3.05, 3.63) is 51.7 Å². The van der Waals surface area contributed by atoms with Crippen LogP contribution in [0, 0.1) is 0 Å². The second-order valence-electron chi connectivity index (χ2n) is 5.69. The van der Waals surface area contributed by atoms with Gasteiger partial charge < -0.3 is 9.64 Å². The third-order valence-corrected chi connectivity index (χ3v) is 5.40. The van der Waals surface area contributed by atoms with Gasteiger partial charge in [0.25, 0.3) is 5.91 Å². The predicted molar refractivity (Wildman–Crippen MR) is 99.7 cm³/mol. The van der Waals surface area contributed by atoms with E-state index in [0.717, 1.165) is 22.4 Å². The maximum absolute atomic E-state index is 12.5. The molecule has 1 aromatic carbocycles. The fourth-order valence-corrected chi connectivity index (χ4v) is 3.73. The fraction of sp³-hybridized carbons (Fsp3) is 0.353. The number of sulfonamides is 1. The smallest absolute Gasteiger partial charge is 0.263 e. The number of carbonyl (C=O) groups is 1. The van der Waals surface area contributed by atoms with Gasteiger partial charge >= 0.3 is 0 Å². The number of hydrogen-bond acceptors (Lipinski definition) is 5. The lowest BCUT2D eigenvalue weighted by Gasteiger charge is -2.16. The normalized spacial score (nSPS) is 11.3. The van der Waals surface area contributed by atoms with Crippen molar-refractivity contribution in [2.24, 2.45) is 0 Å². The number of benzene rings is 1. The van der Waals surface area contributed by atoms with Crippen molar-refractivity contribution in [3.8, 4) is 5.75 Å². The summed E-state index contributed by atoms with van der Waals surface area (Å²) in [6, 6.07) is 11.2. The average Bonchev–Trinajstić information content (AvgIpc) is 3.02. The Bertz CT molecular complexity index is 813. The maximum atomic E-state index is 12.5. The Morgan fingerprint density at radius 1 is 1.20 bits per heavy atom. The lowest BCUT2D eigenvalue weighted by atomic mass is 10.2. The van der Waals surface area contributed by atoms with Crippen LogP contribution in [0.3, 0.4) is 0 Å². The van der Waals surface area contributed by atoms with Crippen molar-refractivity contribution < 1.29 is 17.9 Å². The zero-order valence-corrected chi connectivity index (χ0v) is 16.1. The number of carbonyl (C=O) groups excluding carboxylic acids is 1. The summed E-state index contributed by atoms with van der Waals surface area (Å²) in [7, 11) is 0.190. The molecule has 1 heterocycles. The number of nitrogens with zero attached hydrogens (tertiary/aromatic N) is 1. The summed E-state index contributed by atoms with van der Waals surface area (Å²) in [5.41, 5.74) is 1.02. The molecule has 2 aromatic rings. The first-order chi connectivity index (χ1) is 11.8. The van der Waals surface area contributed by atoms with Gasteiger partial charge in [-0.3, -0.25) is 4.79 Å². The highest BCUT2D eigenvalue weighted by molar-refractivity contribution is 7.88. The third kappa shape index (κ3) is 6.15. The second kappa shape index (κ2) is 8.46. The number of methoxy groups -OCH3 is 1. The van der Waals surface area contributed by atoms with Crippen molar-refractivity contribution in [2.45, 2.75) is 13.0 Å². The number of ether oxygens (including phenoxy) is 1. The zero-order valence-electron chi connectivity index (χ0n) is 14.5. The summed E-state index contributed by atoms with van der Waals surface area (Å²) in [5, 5.41) is 0. The van der Waals surface area contributed by atoms with Crippen LogP contribution in [-0.2, 0) is 23.0 Å². The summed E-state index contributed by atoms with van der Waals surface area (Å²) in [6.07, 6.45) is 1.69. The minimum atomic E-state index is -3.19. The molecule has 0 atom stereocenters. The molecule has 1 N–H and O–H groups in total. The van der Waals surface area contributed by atoms with E-state index in [0.29, 0.717) is 24.4 Å². The quantitative estimate of drug-likeness (QED) is 0.759. The first-order valence-corrected chi connectivity index (χ1v) is 10.4. The number of nitrogens with one attached hydrogen (secondary N) is 1. The van der Waals surface area contributed by atoms with E-state index in [9.17, 15) is 13.2 Å². The van der Waals surface area contributed by atoms with Crippen LogP contribution < -0.4 is 9.46 Å². The fourth-order valence-electron chi connectivity index (χ4n) is 2.25. The Balaban J connectivity index is 1.92. The molecule has 1 aromatic heterocycles. The molecule has 0 aliphatic heterocycles. The first kappa shape index (κ1) is 19.4. The molecular formula is C17H22N2O4S2. The Labute approximate surface area is 152 Å². The van der Waals surface area contributed by atoms with E-state index in [1.807, 2.05) is 30.3 Å². The Morgan fingerprint density at radius 2 is 1.88 bits per heavy atom. The third-order valence-electron chi connectivity index (χ3n) is 3.53. The van der Waals surface area contributed by atoms with E-state index in [4.69, 9.17) is 4.74 Å². The van der Waals surface area contributed by atoms with E-state index in [1.165, 1.54) is 11.3 Å². The number of rotatable bonds is 8. The van der Waals surface area contributed by atoms with Gasteiger partial charge in [0.15, 0.2) is 0 Å². The van der Waals surface area contributed by atoms with Crippen LogP contribution in [0.25, 0.3) is 0 Å². The molecule has 0 spiro atoms. The lowest BCUT2D eigenvalue weighted by molar-refractivity contribution is 0.0790. The van der Waals surface area contributed by atoms with E-state index in [-0.39, 0.29) is 5.91 Å². The maximum Gasteiger partial charge on any atom is 0.263 e. The molecule has 0 aliphatic carbocycles. The molecule has 0 saturated carbocycles. The average molecular weight is 383 g/mol. The SMILES string of the molecule is COc1ccc(CN(C)C(=O)c2ccc(CCNS(C)(=O)=O)s2)cc1. The summed E-state index contributed by atoms with van der Waals surface area (Å²) < 4.78 is 29.7. The van der Waals surface area contributed by atoms with Gasteiger partial charge in [0, 0.05) is 25.0 Å². The topological polar surface area (TPSA) is 75.7 Å². The summed E-state index contributed by atoms with van der Waals surface area (Å²) >= 11 is 1.39. The van der Waals surface area contributed by atoms with Crippen LogP contribution in [0.1, 0.15) is 20.1 Å². The van der Waals surface area contributed by atoms with Crippen LogP contribution in [0.15, 0.2) is 36.4 Å². The van der Waals surface area contributed by atoms with Gasteiger partial charge in [-0.2, -0.15) is 0 Å². The van der Waals surface area contributed by atoms with Crippen LogP contribution >= 0.6 is 11.3 Å². The molecule has 0 bridgehead atoms. The largest absolute Gasteiger partial charge is 0.497 e. The molecule has 25 heavy (non-hydrogen) atoms. The van der Waals surface area contributed by atoms with Crippen LogP contribution in [0.4, 0.5) is 0 Å². The molecule has 2 rings (SSSR count). The van der Waals surface area contributed by atoms with E-state index < -0.39 is 10.0 Å². The molecule has 0 unspecified atom stereocenters. The highest BCUT2D eigenvalue weighted by atomic mass is 32.2. The minimum Gasteiger partial charge on any atom is -0.497 e. The second-order valence-corrected chi connectivity index (χ2v) is 8.69. The number of thiophene rings is 1. The van der Waals surface area contributed by atoms with Gasteiger partial charge in [-0.15, -0.1) is 11.3 Å². The minimum absolute atomic E-state index is 0.0526. The number of amides is 1. The molecule has 0 radical (unpaired) electrons. The highest BCUT2D eigenvalue weighted by Gasteiger charge is 2.15. The highest BCUT2D eigenvalue weighted by Crippen LogP contribution is 2.20. The van der Waals surface area contributed by atoms with E-state index >= 15 is 0 Å². The van der Waals surface area contributed by atoms with Gasteiger partial charge in [0.1, 0.15) is 5.75 Å². The summed E-state index contributed by atoms with van der Waals surface area (Å²) in [6.45, 7) is 0.834. The van der Waals surface area contributed by atoms with E-state index in [1.54, 1.807) is 25.1 Å². The van der Waals surface area contributed by atoms with Crippen molar-refractivity contribution in [1.29, 1.82) is 0 Å².